The Morgan fingerprint density at radius 2 is 1.38 bits per heavy atom. The van der Waals surface area contributed by atoms with Crippen molar-refractivity contribution in [2.45, 2.75) is 6.92 Å². The first kappa shape index (κ1) is 26.5. The molecule has 4 aromatic rings. The molecule has 0 radical (unpaired) electrons. The van der Waals surface area contributed by atoms with Gasteiger partial charge in [-0.25, -0.2) is 4.79 Å². The third-order valence-corrected chi connectivity index (χ3v) is 7.23. The van der Waals surface area contributed by atoms with Crippen molar-refractivity contribution >= 4 is 46.1 Å². The number of carboxylic acid groups (broad SMARTS) is 1. The number of halogens is 1. The number of para-hydroxylation sites is 1. The largest absolute Gasteiger partial charge is 0.478 e. The molecule has 7 heteroatoms. The number of ketones is 1. The summed E-state index contributed by atoms with van der Waals surface area (Å²) in [5.41, 5.74) is 4.21. The number of benzene rings is 4. The van der Waals surface area contributed by atoms with E-state index in [0.29, 0.717) is 41.6 Å². The summed E-state index contributed by atoms with van der Waals surface area (Å²) >= 11 is 6.01. The van der Waals surface area contributed by atoms with Gasteiger partial charge in [-0.15, -0.1) is 0 Å². The lowest BCUT2D eigenvalue weighted by atomic mass is 9.87. The standard InChI is InChI=1S/C32H29ClN2O4/c1-32(20-39-21-32)19-35(28-6-4-3-5-7-28)29-17-23(16-24(18-29)31(37)38)30(36)22-8-12-26(13-9-22)34(2)27-14-10-25(33)11-15-27/h3-18H,19-21H2,1-2H3,(H,37,38). The second-order valence-electron chi connectivity index (χ2n) is 10.2. The number of nitrogens with zero attached hydrogens (tertiary/aromatic N) is 2. The first-order chi connectivity index (χ1) is 18.7. The van der Waals surface area contributed by atoms with E-state index in [9.17, 15) is 14.7 Å². The van der Waals surface area contributed by atoms with Gasteiger partial charge in [0.2, 0.25) is 0 Å². The summed E-state index contributed by atoms with van der Waals surface area (Å²) in [5.74, 6) is -1.33. The smallest absolute Gasteiger partial charge is 0.335 e. The zero-order chi connectivity index (χ0) is 27.6. The van der Waals surface area contributed by atoms with E-state index in [1.807, 2.05) is 78.7 Å². The van der Waals surface area contributed by atoms with Crippen LogP contribution in [-0.4, -0.2) is 43.7 Å². The molecule has 5 rings (SSSR count). The molecule has 0 bridgehead atoms. The molecule has 1 heterocycles. The monoisotopic (exact) mass is 540 g/mol. The van der Waals surface area contributed by atoms with Gasteiger partial charge in [-0.3, -0.25) is 4.79 Å². The molecule has 0 unspecified atom stereocenters. The molecule has 0 spiro atoms. The molecule has 0 amide bonds. The number of hydrogen-bond donors (Lipinski definition) is 1. The zero-order valence-corrected chi connectivity index (χ0v) is 22.6. The van der Waals surface area contributed by atoms with E-state index in [1.54, 1.807) is 24.3 Å². The summed E-state index contributed by atoms with van der Waals surface area (Å²) in [6.07, 6.45) is 0. The molecule has 0 atom stereocenters. The number of carboxylic acids is 1. The highest BCUT2D eigenvalue weighted by Crippen LogP contribution is 2.35. The number of rotatable bonds is 9. The second-order valence-corrected chi connectivity index (χ2v) is 10.6. The molecule has 1 fully saturated rings. The summed E-state index contributed by atoms with van der Waals surface area (Å²) in [4.78, 5) is 29.8. The van der Waals surface area contributed by atoms with Gasteiger partial charge < -0.3 is 19.6 Å². The number of hydrogen-bond acceptors (Lipinski definition) is 5. The molecule has 1 aliphatic heterocycles. The minimum Gasteiger partial charge on any atom is -0.478 e. The molecule has 1 N–H and O–H groups in total. The Balaban J connectivity index is 1.48. The summed E-state index contributed by atoms with van der Waals surface area (Å²) in [5, 5.41) is 10.6. The Kier molecular flexibility index (Phi) is 7.42. The summed E-state index contributed by atoms with van der Waals surface area (Å²) in [7, 11) is 1.94. The average Bonchev–Trinajstić information content (AvgIpc) is 2.95. The van der Waals surface area contributed by atoms with Crippen LogP contribution in [-0.2, 0) is 4.74 Å². The van der Waals surface area contributed by atoms with Crippen LogP contribution in [0.5, 0.6) is 0 Å². The number of carbonyl (C=O) groups excluding carboxylic acids is 1. The first-order valence-corrected chi connectivity index (χ1v) is 13.0. The third-order valence-electron chi connectivity index (χ3n) is 6.98. The van der Waals surface area contributed by atoms with Crippen LogP contribution in [0.25, 0.3) is 0 Å². The van der Waals surface area contributed by atoms with E-state index in [2.05, 4.69) is 11.8 Å². The summed E-state index contributed by atoms with van der Waals surface area (Å²) in [6.45, 7) is 4.01. The number of ether oxygens (including phenoxy) is 1. The van der Waals surface area contributed by atoms with Crippen LogP contribution in [0.2, 0.25) is 5.02 Å². The van der Waals surface area contributed by atoms with Gasteiger partial charge in [0.15, 0.2) is 5.78 Å². The van der Waals surface area contributed by atoms with Gasteiger partial charge in [-0.05, 0) is 78.9 Å². The van der Waals surface area contributed by atoms with Crippen LogP contribution in [0.15, 0.2) is 97.1 Å². The van der Waals surface area contributed by atoms with Crippen LogP contribution in [0, 0.1) is 5.41 Å². The molecule has 39 heavy (non-hydrogen) atoms. The van der Waals surface area contributed by atoms with E-state index in [-0.39, 0.29) is 16.8 Å². The van der Waals surface area contributed by atoms with Crippen LogP contribution < -0.4 is 9.80 Å². The SMILES string of the molecule is CN(c1ccc(Cl)cc1)c1ccc(C(=O)c2cc(C(=O)O)cc(N(CC3(C)COC3)c3ccccc3)c2)cc1. The molecule has 6 nitrogen and oxygen atoms in total. The third kappa shape index (κ3) is 5.82. The van der Waals surface area contributed by atoms with Crippen molar-refractivity contribution in [3.05, 3.63) is 119 Å². The quantitative estimate of drug-likeness (QED) is 0.226. The minimum atomic E-state index is -1.09. The maximum Gasteiger partial charge on any atom is 0.335 e. The van der Waals surface area contributed by atoms with Gasteiger partial charge >= 0.3 is 5.97 Å². The maximum absolute atomic E-state index is 13.6. The average molecular weight is 541 g/mol. The highest BCUT2D eigenvalue weighted by molar-refractivity contribution is 6.30. The lowest BCUT2D eigenvalue weighted by Crippen LogP contribution is -2.47. The van der Waals surface area contributed by atoms with Crippen LogP contribution in [0.1, 0.15) is 33.2 Å². The fourth-order valence-corrected chi connectivity index (χ4v) is 4.83. The van der Waals surface area contributed by atoms with Crippen LogP contribution in [0.3, 0.4) is 0 Å². The molecule has 1 saturated heterocycles. The predicted molar refractivity (Wildman–Crippen MR) is 155 cm³/mol. The van der Waals surface area contributed by atoms with E-state index >= 15 is 0 Å². The lowest BCUT2D eigenvalue weighted by Gasteiger charge is -2.42. The Labute approximate surface area is 233 Å². The summed E-state index contributed by atoms with van der Waals surface area (Å²) < 4.78 is 5.47. The van der Waals surface area contributed by atoms with Crippen molar-refractivity contribution in [3.63, 3.8) is 0 Å². The van der Waals surface area contributed by atoms with Gasteiger partial charge in [0.1, 0.15) is 0 Å². The molecule has 4 aromatic carbocycles. The predicted octanol–water partition coefficient (Wildman–Crippen LogP) is 7.21. The van der Waals surface area contributed by atoms with E-state index in [4.69, 9.17) is 16.3 Å². The molecule has 0 aliphatic carbocycles. The second kappa shape index (κ2) is 10.9. The Bertz CT molecular complexity index is 1480. The molecule has 1 aliphatic rings. The zero-order valence-electron chi connectivity index (χ0n) is 21.8. The Morgan fingerprint density at radius 3 is 1.95 bits per heavy atom. The Hall–Kier alpha value is -4.13. The van der Waals surface area contributed by atoms with E-state index in [1.165, 1.54) is 6.07 Å². The fraction of sp³-hybridized carbons (Fsp3) is 0.188. The number of aromatic carboxylic acids is 1. The van der Waals surface area contributed by atoms with Crippen LogP contribution in [0.4, 0.5) is 22.7 Å². The molecule has 0 aromatic heterocycles. The van der Waals surface area contributed by atoms with Crippen LogP contribution >= 0.6 is 11.6 Å². The summed E-state index contributed by atoms with van der Waals surface area (Å²) in [6, 6.07) is 29.4. The maximum atomic E-state index is 13.6. The van der Waals surface area contributed by atoms with Gasteiger partial charge in [-0.1, -0.05) is 36.7 Å². The topological polar surface area (TPSA) is 70.1 Å². The van der Waals surface area contributed by atoms with Crippen molar-refractivity contribution in [1.82, 2.24) is 0 Å². The fourth-order valence-electron chi connectivity index (χ4n) is 4.70. The van der Waals surface area contributed by atoms with Crippen molar-refractivity contribution in [2.24, 2.45) is 5.41 Å². The van der Waals surface area contributed by atoms with Gasteiger partial charge in [0.05, 0.1) is 18.8 Å². The first-order valence-electron chi connectivity index (χ1n) is 12.7. The lowest BCUT2D eigenvalue weighted by molar-refractivity contribution is -0.0946. The molecular weight excluding hydrogens is 512 g/mol. The van der Waals surface area contributed by atoms with Gasteiger partial charge in [0, 0.05) is 57.9 Å². The van der Waals surface area contributed by atoms with Crippen molar-refractivity contribution in [2.75, 3.05) is 36.6 Å². The van der Waals surface area contributed by atoms with E-state index in [0.717, 1.165) is 17.1 Å². The normalized spacial score (nSPS) is 13.8. The molecular formula is C32H29ClN2O4. The highest BCUT2D eigenvalue weighted by Gasteiger charge is 2.36. The molecule has 0 saturated carbocycles. The van der Waals surface area contributed by atoms with Crippen molar-refractivity contribution < 1.29 is 19.4 Å². The Morgan fingerprint density at radius 1 is 0.795 bits per heavy atom. The van der Waals surface area contributed by atoms with Gasteiger partial charge in [0.25, 0.3) is 0 Å². The van der Waals surface area contributed by atoms with Crippen molar-refractivity contribution in [1.29, 1.82) is 0 Å². The van der Waals surface area contributed by atoms with Gasteiger partial charge in [-0.2, -0.15) is 0 Å². The number of carbonyl (C=O) groups is 2. The number of anilines is 4. The highest BCUT2D eigenvalue weighted by atomic mass is 35.5. The van der Waals surface area contributed by atoms with E-state index < -0.39 is 5.97 Å². The minimum absolute atomic E-state index is 0.0610. The van der Waals surface area contributed by atoms with Crippen molar-refractivity contribution in [3.8, 4) is 0 Å². The molecule has 198 valence electrons.